The van der Waals surface area contributed by atoms with Gasteiger partial charge in [0.2, 0.25) is 5.88 Å². The van der Waals surface area contributed by atoms with Gasteiger partial charge in [0.25, 0.3) is 0 Å². The molecule has 0 aromatic carbocycles. The quantitative estimate of drug-likeness (QED) is 0.646. The van der Waals surface area contributed by atoms with Gasteiger partial charge in [-0.1, -0.05) is 27.2 Å². The molecular weight excluding hydrogens is 240 g/mol. The summed E-state index contributed by atoms with van der Waals surface area (Å²) in [5.74, 6) is 8.48. The number of anilines is 1. The van der Waals surface area contributed by atoms with E-state index in [1.54, 1.807) is 6.07 Å². The van der Waals surface area contributed by atoms with Crippen LogP contribution in [0.5, 0.6) is 5.88 Å². The number of hydrogen-bond donors (Lipinski definition) is 2. The highest BCUT2D eigenvalue weighted by atomic mass is 16.5. The molecule has 19 heavy (non-hydrogen) atoms. The number of nitrogen functional groups attached to an aromatic ring is 1. The van der Waals surface area contributed by atoms with E-state index in [0.29, 0.717) is 29.5 Å². The smallest absolute Gasteiger partial charge is 0.218 e. The van der Waals surface area contributed by atoms with Crippen LogP contribution in [0.25, 0.3) is 0 Å². The van der Waals surface area contributed by atoms with Crippen molar-refractivity contribution >= 4 is 5.82 Å². The van der Waals surface area contributed by atoms with Gasteiger partial charge in [0, 0.05) is 6.07 Å². The second-order valence-electron chi connectivity index (χ2n) is 5.87. The van der Waals surface area contributed by atoms with Gasteiger partial charge in [-0.15, -0.1) is 0 Å². The SMILES string of the molecule is CC1CCC(C(C)C)C(Oc2cc(NN)ncn2)C1. The maximum absolute atomic E-state index is 6.10. The molecule has 0 radical (unpaired) electrons. The average molecular weight is 264 g/mol. The fourth-order valence-corrected chi connectivity index (χ4v) is 2.89. The van der Waals surface area contributed by atoms with Gasteiger partial charge < -0.3 is 10.2 Å². The molecule has 1 aromatic rings. The lowest BCUT2D eigenvalue weighted by Gasteiger charge is -2.36. The fourth-order valence-electron chi connectivity index (χ4n) is 2.89. The summed E-state index contributed by atoms with van der Waals surface area (Å²) in [6, 6.07) is 1.75. The predicted molar refractivity (Wildman–Crippen MR) is 75.6 cm³/mol. The monoisotopic (exact) mass is 264 g/mol. The minimum absolute atomic E-state index is 0.240. The third-order valence-corrected chi connectivity index (χ3v) is 4.02. The van der Waals surface area contributed by atoms with Crippen LogP contribution >= 0.6 is 0 Å². The molecule has 3 atom stereocenters. The van der Waals surface area contributed by atoms with E-state index in [1.807, 2.05) is 0 Å². The van der Waals surface area contributed by atoms with Crippen LogP contribution in [0.4, 0.5) is 5.82 Å². The highest BCUT2D eigenvalue weighted by Crippen LogP contribution is 2.35. The maximum Gasteiger partial charge on any atom is 0.218 e. The third kappa shape index (κ3) is 3.56. The first-order valence-electron chi connectivity index (χ1n) is 7.05. The van der Waals surface area contributed by atoms with Crippen molar-refractivity contribution in [1.29, 1.82) is 0 Å². The van der Waals surface area contributed by atoms with Crippen molar-refractivity contribution in [2.45, 2.75) is 46.1 Å². The standard InChI is InChI=1S/C14H24N4O/c1-9(2)11-5-4-10(3)6-12(11)19-14-7-13(18-15)16-8-17-14/h7-12H,4-6,15H2,1-3H3,(H,16,17,18). The van der Waals surface area contributed by atoms with Crippen LogP contribution in [0.1, 0.15) is 40.0 Å². The van der Waals surface area contributed by atoms with E-state index in [0.717, 1.165) is 6.42 Å². The van der Waals surface area contributed by atoms with Crippen LogP contribution in [0, 0.1) is 17.8 Å². The van der Waals surface area contributed by atoms with Gasteiger partial charge in [-0.05, 0) is 30.6 Å². The summed E-state index contributed by atoms with van der Waals surface area (Å²) < 4.78 is 6.10. The largest absolute Gasteiger partial charge is 0.474 e. The van der Waals surface area contributed by atoms with E-state index >= 15 is 0 Å². The van der Waals surface area contributed by atoms with Gasteiger partial charge in [0.15, 0.2) is 0 Å². The molecule has 0 saturated heterocycles. The normalized spacial score (nSPS) is 27.3. The Labute approximate surface area is 114 Å². The van der Waals surface area contributed by atoms with Gasteiger partial charge in [-0.2, -0.15) is 0 Å². The summed E-state index contributed by atoms with van der Waals surface area (Å²) in [4.78, 5) is 8.16. The van der Waals surface area contributed by atoms with E-state index < -0.39 is 0 Å². The molecular formula is C14H24N4O. The van der Waals surface area contributed by atoms with Gasteiger partial charge in [-0.25, -0.2) is 15.8 Å². The van der Waals surface area contributed by atoms with E-state index in [2.05, 4.69) is 36.2 Å². The Hall–Kier alpha value is -1.36. The van der Waals surface area contributed by atoms with Crippen molar-refractivity contribution in [2.75, 3.05) is 5.43 Å². The lowest BCUT2D eigenvalue weighted by molar-refractivity contribution is 0.0426. The molecule has 1 fully saturated rings. The van der Waals surface area contributed by atoms with Crippen molar-refractivity contribution in [3.63, 3.8) is 0 Å². The molecule has 0 aliphatic heterocycles. The van der Waals surface area contributed by atoms with E-state index in [1.165, 1.54) is 19.2 Å². The summed E-state index contributed by atoms with van der Waals surface area (Å²) in [5.41, 5.74) is 2.52. The van der Waals surface area contributed by atoms with Crippen LogP contribution in [0.15, 0.2) is 12.4 Å². The number of nitrogens with one attached hydrogen (secondary N) is 1. The highest BCUT2D eigenvalue weighted by Gasteiger charge is 2.32. The second-order valence-corrected chi connectivity index (χ2v) is 5.87. The molecule has 1 aromatic heterocycles. The molecule has 1 aliphatic carbocycles. The number of hydrogen-bond acceptors (Lipinski definition) is 5. The van der Waals surface area contributed by atoms with Gasteiger partial charge in [0.05, 0.1) is 0 Å². The molecule has 0 spiro atoms. The summed E-state index contributed by atoms with van der Waals surface area (Å²) in [5, 5.41) is 0. The zero-order valence-electron chi connectivity index (χ0n) is 12.0. The molecule has 1 aliphatic rings. The topological polar surface area (TPSA) is 73.1 Å². The molecule has 2 rings (SSSR count). The Bertz CT molecular complexity index is 410. The summed E-state index contributed by atoms with van der Waals surface area (Å²) >= 11 is 0. The second kappa shape index (κ2) is 6.19. The Morgan fingerprint density at radius 1 is 1.37 bits per heavy atom. The Morgan fingerprint density at radius 3 is 2.84 bits per heavy atom. The zero-order chi connectivity index (χ0) is 13.8. The van der Waals surface area contributed by atoms with E-state index in [-0.39, 0.29) is 6.10 Å². The van der Waals surface area contributed by atoms with Crippen molar-refractivity contribution in [3.8, 4) is 5.88 Å². The van der Waals surface area contributed by atoms with Crippen LogP contribution in [0.3, 0.4) is 0 Å². The molecule has 106 valence electrons. The van der Waals surface area contributed by atoms with Gasteiger partial charge in [0.1, 0.15) is 18.2 Å². The first kappa shape index (κ1) is 14.1. The Kier molecular flexibility index (Phi) is 4.58. The first-order valence-corrected chi connectivity index (χ1v) is 7.05. The summed E-state index contributed by atoms with van der Waals surface area (Å²) in [7, 11) is 0. The number of rotatable bonds is 4. The summed E-state index contributed by atoms with van der Waals surface area (Å²) in [6.07, 6.45) is 5.34. The van der Waals surface area contributed by atoms with Crippen LogP contribution in [-0.2, 0) is 0 Å². The molecule has 5 heteroatoms. The molecule has 5 nitrogen and oxygen atoms in total. The molecule has 1 heterocycles. The summed E-state index contributed by atoms with van der Waals surface area (Å²) in [6.45, 7) is 6.83. The van der Waals surface area contributed by atoms with Crippen molar-refractivity contribution in [1.82, 2.24) is 9.97 Å². The molecule has 3 unspecified atom stereocenters. The maximum atomic E-state index is 6.10. The Balaban J connectivity index is 2.09. The van der Waals surface area contributed by atoms with Crippen LogP contribution in [-0.4, -0.2) is 16.1 Å². The molecule has 0 bridgehead atoms. The first-order chi connectivity index (χ1) is 9.10. The number of aromatic nitrogens is 2. The third-order valence-electron chi connectivity index (χ3n) is 4.02. The number of nitrogens with two attached hydrogens (primary N) is 1. The van der Waals surface area contributed by atoms with E-state index in [9.17, 15) is 0 Å². The Morgan fingerprint density at radius 2 is 2.16 bits per heavy atom. The van der Waals surface area contributed by atoms with E-state index in [4.69, 9.17) is 10.6 Å². The number of ether oxygens (including phenoxy) is 1. The molecule has 1 saturated carbocycles. The van der Waals surface area contributed by atoms with Gasteiger partial charge >= 0.3 is 0 Å². The highest BCUT2D eigenvalue weighted by molar-refractivity contribution is 5.35. The number of nitrogens with zero attached hydrogens (tertiary/aromatic N) is 2. The van der Waals surface area contributed by atoms with Gasteiger partial charge in [-0.3, -0.25) is 0 Å². The lowest BCUT2D eigenvalue weighted by atomic mass is 9.75. The number of hydrazine groups is 1. The van der Waals surface area contributed by atoms with Crippen molar-refractivity contribution < 1.29 is 4.74 Å². The molecule has 3 N–H and O–H groups in total. The van der Waals surface area contributed by atoms with Crippen LogP contribution < -0.4 is 16.0 Å². The lowest BCUT2D eigenvalue weighted by Crippen LogP contribution is -2.36. The minimum atomic E-state index is 0.240. The fraction of sp³-hybridized carbons (Fsp3) is 0.714. The zero-order valence-corrected chi connectivity index (χ0v) is 12.0. The van der Waals surface area contributed by atoms with Crippen LogP contribution in [0.2, 0.25) is 0 Å². The van der Waals surface area contributed by atoms with Crippen molar-refractivity contribution in [2.24, 2.45) is 23.6 Å². The van der Waals surface area contributed by atoms with Crippen molar-refractivity contribution in [3.05, 3.63) is 12.4 Å². The minimum Gasteiger partial charge on any atom is -0.474 e. The molecule has 0 amide bonds. The average Bonchev–Trinajstić information content (AvgIpc) is 2.38. The predicted octanol–water partition coefficient (Wildman–Crippen LogP) is 2.60.